The van der Waals surface area contributed by atoms with Crippen LogP contribution in [0, 0.1) is 10.1 Å². The van der Waals surface area contributed by atoms with Crippen molar-refractivity contribution in [1.29, 1.82) is 0 Å². The van der Waals surface area contributed by atoms with Crippen molar-refractivity contribution in [2.75, 3.05) is 0 Å². The van der Waals surface area contributed by atoms with Crippen LogP contribution in [-0.2, 0) is 16.9 Å². The number of benzene rings is 2. The maximum Gasteiger partial charge on any atom is 0.325 e. The fourth-order valence-electron chi connectivity index (χ4n) is 3.08. The molecule has 0 aromatic heterocycles. The van der Waals surface area contributed by atoms with Crippen LogP contribution in [0.5, 0.6) is 0 Å². The van der Waals surface area contributed by atoms with Crippen LogP contribution in [0.1, 0.15) is 24.5 Å². The average Bonchev–Trinajstić information content (AvgIpc) is 2.88. The average molecular weight is 339 g/mol. The number of amides is 3. The Balaban J connectivity index is 1.91. The van der Waals surface area contributed by atoms with Gasteiger partial charge in [-0.1, -0.05) is 49.4 Å². The van der Waals surface area contributed by atoms with Crippen LogP contribution in [0.4, 0.5) is 10.5 Å². The van der Waals surface area contributed by atoms with E-state index in [0.29, 0.717) is 12.0 Å². The number of non-ortho nitro benzene ring substituents is 1. The zero-order chi connectivity index (χ0) is 18.0. The third-order valence-corrected chi connectivity index (χ3v) is 4.43. The maximum atomic E-state index is 13.0. The third kappa shape index (κ3) is 2.84. The summed E-state index contributed by atoms with van der Waals surface area (Å²) in [5.41, 5.74) is 0.0726. The molecule has 2 aromatic rings. The standard InChI is InChI=1S/C18H17N3O4/c1-2-18(14-8-4-3-5-9-14)16(22)20(17(23)19-18)12-13-7-6-10-15(11-13)21(24)25/h3-11H,2,12H2,1H3,(H,19,23). The van der Waals surface area contributed by atoms with Crippen molar-refractivity contribution in [2.45, 2.75) is 25.4 Å². The normalized spacial score (nSPS) is 19.8. The van der Waals surface area contributed by atoms with Gasteiger partial charge in [-0.3, -0.25) is 19.8 Å². The summed E-state index contributed by atoms with van der Waals surface area (Å²) in [6.45, 7) is 1.82. The SMILES string of the molecule is CCC1(c2ccccc2)NC(=O)N(Cc2cccc([N+](=O)[O-])c2)C1=O. The van der Waals surface area contributed by atoms with Gasteiger partial charge in [0.05, 0.1) is 11.5 Å². The minimum Gasteiger partial charge on any atom is -0.319 e. The minimum absolute atomic E-state index is 0.0130. The summed E-state index contributed by atoms with van der Waals surface area (Å²) in [5, 5.41) is 13.7. The molecule has 3 amide bonds. The summed E-state index contributed by atoms with van der Waals surface area (Å²) in [6.07, 6.45) is 0.410. The van der Waals surface area contributed by atoms with Gasteiger partial charge in [-0.2, -0.15) is 0 Å². The molecule has 0 bridgehead atoms. The molecular formula is C18H17N3O4. The van der Waals surface area contributed by atoms with Crippen molar-refractivity contribution >= 4 is 17.6 Å². The van der Waals surface area contributed by atoms with Gasteiger partial charge in [-0.15, -0.1) is 0 Å². The number of hydrogen-bond donors (Lipinski definition) is 1. The van der Waals surface area contributed by atoms with Gasteiger partial charge in [0.15, 0.2) is 0 Å². The van der Waals surface area contributed by atoms with Gasteiger partial charge in [-0.25, -0.2) is 4.79 Å². The Labute approximate surface area is 144 Å². The van der Waals surface area contributed by atoms with Crippen molar-refractivity contribution < 1.29 is 14.5 Å². The van der Waals surface area contributed by atoms with Crippen molar-refractivity contribution in [2.24, 2.45) is 0 Å². The predicted molar refractivity (Wildman–Crippen MR) is 90.6 cm³/mol. The third-order valence-electron chi connectivity index (χ3n) is 4.43. The fourth-order valence-corrected chi connectivity index (χ4v) is 3.08. The monoisotopic (exact) mass is 339 g/mol. The van der Waals surface area contributed by atoms with E-state index >= 15 is 0 Å². The highest BCUT2D eigenvalue weighted by Crippen LogP contribution is 2.33. The first kappa shape index (κ1) is 16.6. The van der Waals surface area contributed by atoms with Crippen molar-refractivity contribution in [3.8, 4) is 0 Å². The number of rotatable bonds is 5. The molecule has 1 unspecified atom stereocenters. The number of urea groups is 1. The smallest absolute Gasteiger partial charge is 0.319 e. The van der Waals surface area contributed by atoms with E-state index in [0.717, 1.165) is 10.5 Å². The lowest BCUT2D eigenvalue weighted by atomic mass is 9.87. The second-order valence-electron chi connectivity index (χ2n) is 5.87. The van der Waals surface area contributed by atoms with Crippen molar-refractivity contribution in [1.82, 2.24) is 10.2 Å². The summed E-state index contributed by atoms with van der Waals surface area (Å²) in [6, 6.07) is 14.5. The molecule has 1 aliphatic heterocycles. The van der Waals surface area contributed by atoms with Gasteiger partial charge in [0.1, 0.15) is 5.54 Å². The van der Waals surface area contributed by atoms with E-state index in [1.165, 1.54) is 18.2 Å². The Hall–Kier alpha value is -3.22. The van der Waals surface area contributed by atoms with E-state index in [4.69, 9.17) is 0 Å². The van der Waals surface area contributed by atoms with Crippen molar-refractivity contribution in [3.05, 3.63) is 75.8 Å². The molecule has 0 radical (unpaired) electrons. The number of nitrogens with zero attached hydrogens (tertiary/aromatic N) is 2. The van der Waals surface area contributed by atoms with E-state index < -0.39 is 16.5 Å². The molecule has 128 valence electrons. The Bertz CT molecular complexity index is 837. The van der Waals surface area contributed by atoms with Crippen LogP contribution < -0.4 is 5.32 Å². The number of carbonyl (C=O) groups excluding carboxylic acids is 2. The van der Waals surface area contributed by atoms with Crippen LogP contribution in [0.2, 0.25) is 0 Å². The molecule has 1 heterocycles. The van der Waals surface area contributed by atoms with Gasteiger partial charge < -0.3 is 5.32 Å². The summed E-state index contributed by atoms with van der Waals surface area (Å²) >= 11 is 0. The molecule has 7 heteroatoms. The van der Waals surface area contributed by atoms with E-state index in [9.17, 15) is 19.7 Å². The Morgan fingerprint density at radius 3 is 2.48 bits per heavy atom. The highest BCUT2D eigenvalue weighted by atomic mass is 16.6. The van der Waals surface area contributed by atoms with Crippen LogP contribution in [0.25, 0.3) is 0 Å². The Morgan fingerprint density at radius 1 is 1.12 bits per heavy atom. The number of carbonyl (C=O) groups is 2. The number of nitro groups is 1. The molecule has 1 N–H and O–H groups in total. The summed E-state index contributed by atoms with van der Waals surface area (Å²) in [7, 11) is 0. The van der Waals surface area contributed by atoms with Gasteiger partial charge in [-0.05, 0) is 17.5 Å². The first-order valence-corrected chi connectivity index (χ1v) is 7.91. The number of nitro benzene ring substituents is 1. The number of imide groups is 1. The van der Waals surface area contributed by atoms with E-state index in [-0.39, 0.29) is 18.1 Å². The molecule has 1 saturated heterocycles. The second-order valence-corrected chi connectivity index (χ2v) is 5.87. The van der Waals surface area contributed by atoms with E-state index in [1.54, 1.807) is 18.2 Å². The quantitative estimate of drug-likeness (QED) is 0.515. The highest BCUT2D eigenvalue weighted by Gasteiger charge is 2.51. The Morgan fingerprint density at radius 2 is 1.84 bits per heavy atom. The van der Waals surface area contributed by atoms with Gasteiger partial charge in [0.25, 0.3) is 11.6 Å². The molecule has 1 atom stereocenters. The molecule has 1 fully saturated rings. The lowest BCUT2D eigenvalue weighted by Gasteiger charge is -2.25. The molecular weight excluding hydrogens is 322 g/mol. The van der Waals surface area contributed by atoms with E-state index in [2.05, 4.69) is 5.32 Å². The molecule has 0 aliphatic carbocycles. The van der Waals surface area contributed by atoms with Gasteiger partial charge in [0, 0.05) is 12.1 Å². The van der Waals surface area contributed by atoms with Crippen LogP contribution in [-0.4, -0.2) is 21.8 Å². The summed E-state index contributed by atoms with van der Waals surface area (Å²) in [5.74, 6) is -0.349. The highest BCUT2D eigenvalue weighted by molar-refractivity contribution is 6.07. The Kier molecular flexibility index (Phi) is 4.22. The van der Waals surface area contributed by atoms with Gasteiger partial charge >= 0.3 is 6.03 Å². The predicted octanol–water partition coefficient (Wildman–Crippen LogP) is 2.95. The number of nitrogens with one attached hydrogen (secondary N) is 1. The first-order valence-electron chi connectivity index (χ1n) is 7.91. The van der Waals surface area contributed by atoms with Gasteiger partial charge in [0.2, 0.25) is 0 Å². The van der Waals surface area contributed by atoms with Crippen LogP contribution in [0.3, 0.4) is 0 Å². The molecule has 0 saturated carbocycles. The van der Waals surface area contributed by atoms with Crippen LogP contribution in [0.15, 0.2) is 54.6 Å². The lowest BCUT2D eigenvalue weighted by molar-refractivity contribution is -0.384. The summed E-state index contributed by atoms with van der Waals surface area (Å²) < 4.78 is 0. The van der Waals surface area contributed by atoms with E-state index in [1.807, 2.05) is 25.1 Å². The first-order chi connectivity index (χ1) is 12.0. The summed E-state index contributed by atoms with van der Waals surface area (Å²) in [4.78, 5) is 36.9. The second kappa shape index (κ2) is 6.35. The zero-order valence-electron chi connectivity index (χ0n) is 13.6. The molecule has 3 rings (SSSR count). The zero-order valence-corrected chi connectivity index (χ0v) is 13.6. The number of hydrogen-bond acceptors (Lipinski definition) is 4. The minimum atomic E-state index is -1.10. The lowest BCUT2D eigenvalue weighted by Crippen LogP contribution is -2.43. The maximum absolute atomic E-state index is 13.0. The molecule has 1 aliphatic rings. The largest absolute Gasteiger partial charge is 0.325 e. The molecule has 25 heavy (non-hydrogen) atoms. The fraction of sp³-hybridized carbons (Fsp3) is 0.222. The van der Waals surface area contributed by atoms with Crippen molar-refractivity contribution in [3.63, 3.8) is 0 Å². The topological polar surface area (TPSA) is 92.6 Å². The molecule has 2 aromatic carbocycles. The van der Waals surface area contributed by atoms with Crippen LogP contribution >= 0.6 is 0 Å². The molecule has 0 spiro atoms. The molecule has 7 nitrogen and oxygen atoms in total.